The van der Waals surface area contributed by atoms with Gasteiger partial charge in [0.1, 0.15) is 5.01 Å². The van der Waals surface area contributed by atoms with Gasteiger partial charge in [0, 0.05) is 10.9 Å². The van der Waals surface area contributed by atoms with Gasteiger partial charge in [0.2, 0.25) is 0 Å². The van der Waals surface area contributed by atoms with Crippen LogP contribution in [0, 0.1) is 12.8 Å². The Morgan fingerprint density at radius 1 is 1.42 bits per heavy atom. The van der Waals surface area contributed by atoms with Crippen molar-refractivity contribution in [2.24, 2.45) is 5.92 Å². The molecule has 0 spiro atoms. The van der Waals surface area contributed by atoms with Crippen molar-refractivity contribution in [1.29, 1.82) is 0 Å². The molecule has 19 heavy (non-hydrogen) atoms. The van der Waals surface area contributed by atoms with Crippen LogP contribution >= 0.6 is 11.3 Å². The summed E-state index contributed by atoms with van der Waals surface area (Å²) in [5.74, 6) is 0.680. The Balaban J connectivity index is 2.40. The van der Waals surface area contributed by atoms with Crippen LogP contribution in [0.5, 0.6) is 0 Å². The fourth-order valence-corrected chi connectivity index (χ4v) is 4.70. The van der Waals surface area contributed by atoms with E-state index in [1.807, 2.05) is 11.3 Å². The Morgan fingerprint density at radius 2 is 2.16 bits per heavy atom. The summed E-state index contributed by atoms with van der Waals surface area (Å²) in [6.07, 6.45) is 6.30. The molecule has 108 valence electrons. The Labute approximate surface area is 122 Å². The summed E-state index contributed by atoms with van der Waals surface area (Å²) >= 11 is 1.92. The number of aromatic nitrogens is 1. The van der Waals surface area contributed by atoms with Crippen molar-refractivity contribution in [1.82, 2.24) is 10.3 Å². The summed E-state index contributed by atoms with van der Waals surface area (Å²) in [7, 11) is 0. The van der Waals surface area contributed by atoms with Crippen LogP contribution in [0.25, 0.3) is 0 Å². The molecule has 0 saturated heterocycles. The fraction of sp³-hybridized carbons (Fsp3) is 0.812. The maximum atomic E-state index is 4.98. The second-order valence-electron chi connectivity index (χ2n) is 6.29. The number of nitrogens with zero attached hydrogens (tertiary/aromatic N) is 1. The lowest BCUT2D eigenvalue weighted by molar-refractivity contribution is 0.141. The van der Waals surface area contributed by atoms with E-state index in [1.54, 1.807) is 0 Å². The first kappa shape index (κ1) is 15.0. The molecule has 1 aromatic heterocycles. The summed E-state index contributed by atoms with van der Waals surface area (Å²) in [5, 5.41) is 5.21. The summed E-state index contributed by atoms with van der Waals surface area (Å²) in [5.41, 5.74) is 1.41. The van der Waals surface area contributed by atoms with Gasteiger partial charge < -0.3 is 5.32 Å². The molecule has 1 fully saturated rings. The number of aryl methyl sites for hydroxylation is 2. The molecule has 3 heteroatoms. The molecule has 0 bridgehead atoms. The monoisotopic (exact) mass is 280 g/mol. The largest absolute Gasteiger partial charge is 0.303 e. The highest BCUT2D eigenvalue weighted by Crippen LogP contribution is 2.43. The molecule has 1 heterocycles. The van der Waals surface area contributed by atoms with Crippen LogP contribution in [0.2, 0.25) is 0 Å². The molecule has 2 atom stereocenters. The second-order valence-corrected chi connectivity index (χ2v) is 7.50. The molecular weight excluding hydrogens is 252 g/mol. The Bertz CT molecular complexity index is 424. The van der Waals surface area contributed by atoms with Crippen molar-refractivity contribution in [3.8, 4) is 0 Å². The van der Waals surface area contributed by atoms with E-state index in [-0.39, 0.29) is 5.54 Å². The van der Waals surface area contributed by atoms with Crippen molar-refractivity contribution < 1.29 is 0 Å². The van der Waals surface area contributed by atoms with E-state index in [1.165, 1.54) is 41.3 Å². The number of thiazole rings is 1. The SMILES string of the molecule is CCc1nc(C2(NC(C)C)CCCCC2C)sc1C. The number of hydrogen-bond donors (Lipinski definition) is 1. The third kappa shape index (κ3) is 2.87. The minimum Gasteiger partial charge on any atom is -0.303 e. The molecule has 2 nitrogen and oxygen atoms in total. The Morgan fingerprint density at radius 3 is 2.68 bits per heavy atom. The lowest BCUT2D eigenvalue weighted by Gasteiger charge is -2.43. The van der Waals surface area contributed by atoms with Gasteiger partial charge >= 0.3 is 0 Å². The van der Waals surface area contributed by atoms with Crippen LogP contribution in [-0.4, -0.2) is 11.0 Å². The summed E-state index contributed by atoms with van der Waals surface area (Å²) in [6.45, 7) is 11.3. The highest BCUT2D eigenvalue weighted by molar-refractivity contribution is 7.11. The quantitative estimate of drug-likeness (QED) is 0.883. The zero-order valence-corrected chi connectivity index (χ0v) is 13.9. The van der Waals surface area contributed by atoms with Crippen LogP contribution in [0.15, 0.2) is 0 Å². The van der Waals surface area contributed by atoms with Gasteiger partial charge in [-0.15, -0.1) is 11.3 Å². The van der Waals surface area contributed by atoms with Crippen LogP contribution in [0.1, 0.15) is 69.0 Å². The van der Waals surface area contributed by atoms with Gasteiger partial charge in [-0.25, -0.2) is 4.98 Å². The van der Waals surface area contributed by atoms with Crippen molar-refractivity contribution in [3.63, 3.8) is 0 Å². The molecule has 1 saturated carbocycles. The van der Waals surface area contributed by atoms with E-state index in [4.69, 9.17) is 4.98 Å². The Kier molecular flexibility index (Phi) is 4.67. The third-order valence-electron chi connectivity index (χ3n) is 4.45. The molecule has 1 aliphatic rings. The molecule has 1 aliphatic carbocycles. The van der Waals surface area contributed by atoms with E-state index in [0.29, 0.717) is 12.0 Å². The zero-order valence-electron chi connectivity index (χ0n) is 13.0. The molecule has 2 rings (SSSR count). The number of rotatable bonds is 4. The molecule has 1 aromatic rings. The van der Waals surface area contributed by atoms with Gasteiger partial charge in [0.25, 0.3) is 0 Å². The minimum absolute atomic E-state index is 0.120. The van der Waals surface area contributed by atoms with Gasteiger partial charge in [-0.3, -0.25) is 0 Å². The van der Waals surface area contributed by atoms with Crippen molar-refractivity contribution in [2.45, 2.75) is 78.3 Å². The predicted molar refractivity (Wildman–Crippen MR) is 83.8 cm³/mol. The lowest BCUT2D eigenvalue weighted by atomic mass is 9.73. The maximum absolute atomic E-state index is 4.98. The van der Waals surface area contributed by atoms with Crippen molar-refractivity contribution in [2.75, 3.05) is 0 Å². The van der Waals surface area contributed by atoms with Crippen LogP contribution in [0.4, 0.5) is 0 Å². The smallest absolute Gasteiger partial charge is 0.114 e. The van der Waals surface area contributed by atoms with Crippen LogP contribution in [0.3, 0.4) is 0 Å². The number of nitrogens with one attached hydrogen (secondary N) is 1. The third-order valence-corrected chi connectivity index (χ3v) is 5.65. The van der Waals surface area contributed by atoms with E-state index in [2.05, 4.69) is 39.9 Å². The summed E-state index contributed by atoms with van der Waals surface area (Å²) in [6, 6.07) is 0.509. The van der Waals surface area contributed by atoms with Gasteiger partial charge in [-0.05, 0) is 46.0 Å². The highest BCUT2D eigenvalue weighted by Gasteiger charge is 2.42. The summed E-state index contributed by atoms with van der Waals surface area (Å²) < 4.78 is 0. The normalized spacial score (nSPS) is 28.0. The fourth-order valence-electron chi connectivity index (χ4n) is 3.40. The first-order chi connectivity index (χ1) is 8.99. The second kappa shape index (κ2) is 5.92. The molecule has 2 unspecified atom stereocenters. The van der Waals surface area contributed by atoms with Gasteiger partial charge in [-0.2, -0.15) is 0 Å². The topological polar surface area (TPSA) is 24.9 Å². The lowest BCUT2D eigenvalue weighted by Crippen LogP contribution is -2.52. The van der Waals surface area contributed by atoms with Crippen molar-refractivity contribution >= 4 is 11.3 Å². The van der Waals surface area contributed by atoms with Gasteiger partial charge in [0.15, 0.2) is 0 Å². The van der Waals surface area contributed by atoms with E-state index in [9.17, 15) is 0 Å². The first-order valence-electron chi connectivity index (χ1n) is 7.74. The number of hydrogen-bond acceptors (Lipinski definition) is 3. The first-order valence-corrected chi connectivity index (χ1v) is 8.55. The molecule has 0 amide bonds. The average Bonchev–Trinajstić information content (AvgIpc) is 2.73. The Hall–Kier alpha value is -0.410. The molecule has 0 aliphatic heterocycles. The molecule has 0 aromatic carbocycles. The van der Waals surface area contributed by atoms with Crippen LogP contribution in [-0.2, 0) is 12.0 Å². The standard InChI is InChI=1S/C16H28N2S/c1-6-14-13(5)19-15(17-14)16(18-11(2)3)10-8-7-9-12(16)4/h11-12,18H,6-10H2,1-5H3. The van der Waals surface area contributed by atoms with Crippen LogP contribution < -0.4 is 5.32 Å². The molecule has 0 radical (unpaired) electrons. The predicted octanol–water partition coefficient (Wildman–Crippen LogP) is 4.42. The van der Waals surface area contributed by atoms with E-state index in [0.717, 1.165) is 6.42 Å². The zero-order chi connectivity index (χ0) is 14.0. The van der Waals surface area contributed by atoms with E-state index < -0.39 is 0 Å². The van der Waals surface area contributed by atoms with E-state index >= 15 is 0 Å². The molecular formula is C16H28N2S. The highest BCUT2D eigenvalue weighted by atomic mass is 32.1. The maximum Gasteiger partial charge on any atom is 0.114 e. The minimum atomic E-state index is 0.120. The van der Waals surface area contributed by atoms with Gasteiger partial charge in [-0.1, -0.05) is 26.7 Å². The summed E-state index contributed by atoms with van der Waals surface area (Å²) in [4.78, 5) is 6.39. The molecule has 1 N–H and O–H groups in total. The average molecular weight is 280 g/mol. The van der Waals surface area contributed by atoms with Gasteiger partial charge in [0.05, 0.1) is 11.2 Å². The van der Waals surface area contributed by atoms with Crippen molar-refractivity contribution in [3.05, 3.63) is 15.6 Å².